The van der Waals surface area contributed by atoms with Gasteiger partial charge in [0.15, 0.2) is 5.82 Å². The highest BCUT2D eigenvalue weighted by Crippen LogP contribution is 2.21. The maximum absolute atomic E-state index is 13.4. The van der Waals surface area contributed by atoms with Crippen LogP contribution in [0.3, 0.4) is 0 Å². The molecule has 1 N–H and O–H groups in total. The second-order valence-corrected chi connectivity index (χ2v) is 7.50. The van der Waals surface area contributed by atoms with Gasteiger partial charge in [0.2, 0.25) is 11.8 Å². The summed E-state index contributed by atoms with van der Waals surface area (Å²) in [6, 6.07) is 6.21. The van der Waals surface area contributed by atoms with Gasteiger partial charge in [0, 0.05) is 32.5 Å². The van der Waals surface area contributed by atoms with Gasteiger partial charge in [-0.3, -0.25) is 9.59 Å². The van der Waals surface area contributed by atoms with Crippen molar-refractivity contribution in [1.82, 2.24) is 25.0 Å². The Morgan fingerprint density at radius 3 is 3.00 bits per heavy atom. The third kappa shape index (κ3) is 4.05. The Labute approximate surface area is 162 Å². The Morgan fingerprint density at radius 2 is 2.14 bits per heavy atom. The highest BCUT2D eigenvalue weighted by atomic mass is 19.1. The van der Waals surface area contributed by atoms with Crippen LogP contribution in [0.25, 0.3) is 0 Å². The van der Waals surface area contributed by atoms with Crippen LogP contribution >= 0.6 is 0 Å². The summed E-state index contributed by atoms with van der Waals surface area (Å²) < 4.78 is 15.5. The Bertz CT molecular complexity index is 881. The first-order valence-corrected chi connectivity index (χ1v) is 9.81. The van der Waals surface area contributed by atoms with Crippen molar-refractivity contribution in [2.75, 3.05) is 6.54 Å². The van der Waals surface area contributed by atoms with Crippen molar-refractivity contribution < 1.29 is 14.0 Å². The summed E-state index contributed by atoms with van der Waals surface area (Å²) in [5.41, 5.74) is 0.726. The van der Waals surface area contributed by atoms with Crippen molar-refractivity contribution in [1.29, 1.82) is 0 Å². The van der Waals surface area contributed by atoms with Gasteiger partial charge in [-0.2, -0.15) is 0 Å². The van der Waals surface area contributed by atoms with Crippen molar-refractivity contribution in [3.8, 4) is 0 Å². The first-order valence-electron chi connectivity index (χ1n) is 9.81. The Hall–Kier alpha value is -2.77. The van der Waals surface area contributed by atoms with Crippen LogP contribution in [0, 0.1) is 11.7 Å². The normalized spacial score (nSPS) is 19.4. The molecule has 1 aromatic carbocycles. The average Bonchev–Trinajstić information content (AvgIpc) is 3.11. The van der Waals surface area contributed by atoms with E-state index in [1.165, 1.54) is 12.1 Å². The van der Waals surface area contributed by atoms with E-state index in [4.69, 9.17) is 0 Å². The van der Waals surface area contributed by atoms with Gasteiger partial charge in [-0.1, -0.05) is 12.1 Å². The number of nitrogens with one attached hydrogen (secondary N) is 1. The zero-order valence-electron chi connectivity index (χ0n) is 15.7. The number of nitrogens with zero attached hydrogens (tertiary/aromatic N) is 4. The summed E-state index contributed by atoms with van der Waals surface area (Å²) >= 11 is 0. The molecule has 0 saturated carbocycles. The number of aromatic nitrogens is 3. The molecule has 2 amide bonds. The van der Waals surface area contributed by atoms with Gasteiger partial charge in [0.05, 0.1) is 12.5 Å². The van der Waals surface area contributed by atoms with Crippen LogP contribution < -0.4 is 5.32 Å². The number of amides is 2. The van der Waals surface area contributed by atoms with E-state index in [0.29, 0.717) is 32.5 Å². The molecule has 0 spiro atoms. The number of piperidine rings is 1. The zero-order chi connectivity index (χ0) is 19.5. The van der Waals surface area contributed by atoms with Crippen molar-refractivity contribution in [2.45, 2.75) is 51.7 Å². The fraction of sp³-hybridized carbons (Fsp3) is 0.500. The molecule has 0 unspecified atom stereocenters. The lowest BCUT2D eigenvalue weighted by atomic mass is 9.96. The highest BCUT2D eigenvalue weighted by Gasteiger charge is 2.30. The number of likely N-dealkylation sites (tertiary alicyclic amines) is 1. The first-order chi connectivity index (χ1) is 13.6. The zero-order valence-corrected chi connectivity index (χ0v) is 15.7. The molecule has 2 aliphatic rings. The fourth-order valence-corrected chi connectivity index (χ4v) is 3.95. The molecule has 1 saturated heterocycles. The molecule has 2 aromatic rings. The molecule has 3 heterocycles. The molecule has 7 nitrogen and oxygen atoms in total. The topological polar surface area (TPSA) is 80.1 Å². The van der Waals surface area contributed by atoms with Gasteiger partial charge in [0.25, 0.3) is 0 Å². The van der Waals surface area contributed by atoms with Gasteiger partial charge < -0.3 is 14.8 Å². The lowest BCUT2D eigenvalue weighted by Crippen LogP contribution is -2.45. The van der Waals surface area contributed by atoms with E-state index >= 15 is 0 Å². The predicted molar refractivity (Wildman–Crippen MR) is 99.3 cm³/mol. The monoisotopic (exact) mass is 385 g/mol. The molecule has 0 bridgehead atoms. The number of carbonyl (C=O) groups excluding carboxylic acids is 2. The minimum atomic E-state index is -0.326. The highest BCUT2D eigenvalue weighted by molar-refractivity contribution is 5.83. The first kappa shape index (κ1) is 18.6. The van der Waals surface area contributed by atoms with Gasteiger partial charge in [-0.25, -0.2) is 4.39 Å². The van der Waals surface area contributed by atoms with Crippen LogP contribution in [0.2, 0.25) is 0 Å². The average molecular weight is 385 g/mol. The minimum Gasteiger partial charge on any atom is -0.348 e. The van der Waals surface area contributed by atoms with Crippen LogP contribution in [0.1, 0.15) is 42.9 Å². The molecule has 8 heteroatoms. The number of aryl methyl sites for hydroxylation is 1. The third-order valence-corrected chi connectivity index (χ3v) is 5.49. The lowest BCUT2D eigenvalue weighted by molar-refractivity contribution is -0.139. The number of benzene rings is 1. The van der Waals surface area contributed by atoms with Crippen molar-refractivity contribution >= 4 is 11.8 Å². The van der Waals surface area contributed by atoms with Gasteiger partial charge in [0.1, 0.15) is 11.6 Å². The number of halogens is 1. The fourth-order valence-electron chi connectivity index (χ4n) is 3.95. The number of hydrogen-bond acceptors (Lipinski definition) is 4. The van der Waals surface area contributed by atoms with Crippen LogP contribution in [-0.4, -0.2) is 38.0 Å². The smallest absolute Gasteiger partial charge is 0.225 e. The molecule has 0 aliphatic carbocycles. The number of hydrogen-bond donors (Lipinski definition) is 1. The lowest BCUT2D eigenvalue weighted by Gasteiger charge is -2.32. The number of rotatable bonds is 5. The summed E-state index contributed by atoms with van der Waals surface area (Å²) in [6.45, 7) is 1.91. The molecule has 1 atom stereocenters. The van der Waals surface area contributed by atoms with Gasteiger partial charge in [-0.15, -0.1) is 10.2 Å². The van der Waals surface area contributed by atoms with E-state index in [1.807, 2.05) is 0 Å². The molecule has 1 aromatic heterocycles. The second-order valence-electron chi connectivity index (χ2n) is 7.50. The Kier molecular flexibility index (Phi) is 5.36. The molecule has 2 aliphatic heterocycles. The molecule has 4 rings (SSSR count). The van der Waals surface area contributed by atoms with E-state index in [9.17, 15) is 14.0 Å². The molecule has 148 valence electrons. The third-order valence-electron chi connectivity index (χ3n) is 5.49. The molecular weight excluding hydrogens is 361 g/mol. The van der Waals surface area contributed by atoms with Crippen molar-refractivity contribution in [2.24, 2.45) is 5.92 Å². The summed E-state index contributed by atoms with van der Waals surface area (Å²) in [6.07, 6.45) is 4.02. The molecule has 1 fully saturated rings. The van der Waals surface area contributed by atoms with Crippen LogP contribution in [0.15, 0.2) is 24.3 Å². The SMILES string of the molecule is O=C(NCc1nnc2n1CCCC2)[C@H]1CCC(=O)N(Cc2cccc(F)c2)C1. The number of fused-ring (bicyclic) bond motifs is 1. The predicted octanol–water partition coefficient (Wildman–Crippen LogP) is 1.81. The summed E-state index contributed by atoms with van der Waals surface area (Å²) in [7, 11) is 0. The van der Waals surface area contributed by atoms with Crippen LogP contribution in [0.5, 0.6) is 0 Å². The van der Waals surface area contributed by atoms with E-state index in [0.717, 1.165) is 43.0 Å². The van der Waals surface area contributed by atoms with Crippen molar-refractivity contribution in [3.63, 3.8) is 0 Å². The standard InChI is InChI=1S/C20H24FN5O2/c21-16-5-3-4-14(10-16)12-25-13-15(7-8-19(25)27)20(28)22-11-18-24-23-17-6-1-2-9-26(17)18/h3-5,10,15H,1-2,6-9,11-13H2,(H,22,28)/t15-/m0/s1. The molecule has 28 heavy (non-hydrogen) atoms. The van der Waals surface area contributed by atoms with E-state index in [1.54, 1.807) is 17.0 Å². The van der Waals surface area contributed by atoms with E-state index < -0.39 is 0 Å². The molecular formula is C20H24FN5O2. The Balaban J connectivity index is 1.35. The summed E-state index contributed by atoms with van der Waals surface area (Å²) in [5.74, 6) is 1.10. The van der Waals surface area contributed by atoms with Crippen molar-refractivity contribution in [3.05, 3.63) is 47.3 Å². The van der Waals surface area contributed by atoms with E-state index in [2.05, 4.69) is 20.1 Å². The largest absolute Gasteiger partial charge is 0.348 e. The summed E-state index contributed by atoms with van der Waals surface area (Å²) in [5, 5.41) is 11.4. The van der Waals surface area contributed by atoms with E-state index in [-0.39, 0.29) is 23.5 Å². The quantitative estimate of drug-likeness (QED) is 0.851. The molecule has 0 radical (unpaired) electrons. The second kappa shape index (κ2) is 8.08. The maximum atomic E-state index is 13.4. The Morgan fingerprint density at radius 1 is 1.25 bits per heavy atom. The van der Waals surface area contributed by atoms with Gasteiger partial charge >= 0.3 is 0 Å². The maximum Gasteiger partial charge on any atom is 0.225 e. The van der Waals surface area contributed by atoms with Crippen LogP contribution in [0.4, 0.5) is 4.39 Å². The summed E-state index contributed by atoms with van der Waals surface area (Å²) in [4.78, 5) is 26.5. The van der Waals surface area contributed by atoms with Gasteiger partial charge in [-0.05, 0) is 37.0 Å². The minimum absolute atomic E-state index is 0.000150. The van der Waals surface area contributed by atoms with Crippen LogP contribution in [-0.2, 0) is 35.6 Å². The number of carbonyl (C=O) groups is 2.